The van der Waals surface area contributed by atoms with Crippen LogP contribution in [-0.2, 0) is 13.9 Å². The molecule has 2 fully saturated rings. The Hall–Kier alpha value is -1.95. The number of aromatic amines is 1. The van der Waals surface area contributed by atoms with Gasteiger partial charge in [0.15, 0.2) is 8.32 Å². The summed E-state index contributed by atoms with van der Waals surface area (Å²) in [5.74, 6) is 0. The molecule has 3 N–H and O–H groups in total. The van der Waals surface area contributed by atoms with Gasteiger partial charge in [0.2, 0.25) is 0 Å². The topological polar surface area (TPSA) is 132 Å². The minimum Gasteiger partial charge on any atom is -0.453 e. The van der Waals surface area contributed by atoms with E-state index in [9.17, 15) is 19.5 Å². The number of aliphatic hydroxyl groups is 1. The molecule has 0 aromatic carbocycles. The first-order chi connectivity index (χ1) is 13.3. The lowest BCUT2D eigenvalue weighted by Crippen LogP contribution is -2.47. The Morgan fingerprint density at radius 1 is 1.45 bits per heavy atom. The number of amides is 1. The first kappa shape index (κ1) is 21.7. The molecule has 0 bridgehead atoms. The summed E-state index contributed by atoms with van der Waals surface area (Å²) in [4.78, 5) is 37.8. The van der Waals surface area contributed by atoms with Crippen LogP contribution in [0.3, 0.4) is 0 Å². The zero-order valence-electron chi connectivity index (χ0n) is 17.6. The molecule has 0 radical (unpaired) electrons. The highest BCUT2D eigenvalue weighted by atomic mass is 28.4. The van der Waals surface area contributed by atoms with E-state index in [2.05, 4.69) is 44.2 Å². The van der Waals surface area contributed by atoms with Gasteiger partial charge < -0.3 is 24.3 Å². The fourth-order valence-corrected chi connectivity index (χ4v) is 5.07. The number of H-pyrrole nitrogens is 1. The summed E-state index contributed by atoms with van der Waals surface area (Å²) in [6.45, 7) is 10.0. The van der Waals surface area contributed by atoms with Crippen LogP contribution in [0.5, 0.6) is 0 Å². The molecule has 1 saturated heterocycles. The van der Waals surface area contributed by atoms with Gasteiger partial charge in [-0.05, 0) is 18.1 Å². The number of fused-ring (bicyclic) bond motifs is 1. The van der Waals surface area contributed by atoms with Gasteiger partial charge in [0, 0.05) is 18.7 Å². The lowest BCUT2D eigenvalue weighted by Gasteiger charge is -2.38. The zero-order valence-corrected chi connectivity index (χ0v) is 18.6. The second-order valence-electron chi connectivity index (χ2n) is 9.19. The number of carbonyl (C=O) groups is 1. The summed E-state index contributed by atoms with van der Waals surface area (Å²) >= 11 is 0. The minimum absolute atomic E-state index is 0.0950. The van der Waals surface area contributed by atoms with Gasteiger partial charge in [-0.1, -0.05) is 20.8 Å². The first-order valence-corrected chi connectivity index (χ1v) is 12.4. The van der Waals surface area contributed by atoms with E-state index in [1.165, 1.54) is 23.9 Å². The van der Waals surface area contributed by atoms with Crippen molar-refractivity contribution in [3.05, 3.63) is 33.1 Å². The molecule has 2 aliphatic rings. The minimum atomic E-state index is -2.26. The molecule has 1 aliphatic carbocycles. The predicted molar refractivity (Wildman–Crippen MR) is 106 cm³/mol. The van der Waals surface area contributed by atoms with E-state index in [4.69, 9.17) is 13.9 Å². The molecular weight excluding hydrogens is 398 g/mol. The molecule has 10 nitrogen and oxygen atoms in total. The van der Waals surface area contributed by atoms with Crippen molar-refractivity contribution < 1.29 is 23.8 Å². The number of methoxy groups -OCH3 is 1. The van der Waals surface area contributed by atoms with Crippen molar-refractivity contribution in [3.63, 3.8) is 0 Å². The number of aliphatic hydroxyl groups excluding tert-OH is 1. The van der Waals surface area contributed by atoms with Gasteiger partial charge in [0.25, 0.3) is 5.56 Å². The molecule has 162 valence electrons. The van der Waals surface area contributed by atoms with Crippen LogP contribution in [0, 0.1) is 0 Å². The largest absolute Gasteiger partial charge is 0.453 e. The highest BCUT2D eigenvalue weighted by molar-refractivity contribution is 6.74. The molecule has 3 rings (SSSR count). The molecule has 29 heavy (non-hydrogen) atoms. The third-order valence-corrected chi connectivity index (χ3v) is 10.9. The molecule has 1 saturated carbocycles. The van der Waals surface area contributed by atoms with Crippen molar-refractivity contribution in [2.45, 2.75) is 68.8 Å². The predicted octanol–water partition coefficient (Wildman–Crippen LogP) is 0.685. The Morgan fingerprint density at radius 2 is 2.10 bits per heavy atom. The smallest absolute Gasteiger partial charge is 0.407 e. The number of hydrogen-bond acceptors (Lipinski definition) is 7. The van der Waals surface area contributed by atoms with Gasteiger partial charge in [0.05, 0.1) is 13.7 Å². The molecule has 2 heterocycles. The zero-order chi connectivity index (χ0) is 21.8. The number of carbonyl (C=O) groups excluding carboxylic acids is 1. The van der Waals surface area contributed by atoms with E-state index in [0.717, 1.165) is 0 Å². The summed E-state index contributed by atoms with van der Waals surface area (Å²) in [5.41, 5.74) is -3.42. The second kappa shape index (κ2) is 6.79. The van der Waals surface area contributed by atoms with E-state index in [1.807, 2.05) is 0 Å². The number of ether oxygens (including phenoxy) is 2. The lowest BCUT2D eigenvalue weighted by atomic mass is 10.1. The maximum atomic E-state index is 12.2. The quantitative estimate of drug-likeness (QED) is 0.589. The van der Waals surface area contributed by atoms with Crippen LogP contribution in [0.1, 0.15) is 33.4 Å². The van der Waals surface area contributed by atoms with E-state index in [1.54, 1.807) is 0 Å². The Kier molecular flexibility index (Phi) is 5.09. The fraction of sp³-hybridized carbons (Fsp3) is 0.722. The van der Waals surface area contributed by atoms with Crippen LogP contribution < -0.4 is 16.6 Å². The van der Waals surface area contributed by atoms with Crippen molar-refractivity contribution in [3.8, 4) is 0 Å². The molecule has 11 heteroatoms. The lowest BCUT2D eigenvalue weighted by molar-refractivity contribution is -0.0863. The number of nitrogens with zero attached hydrogens (tertiary/aromatic N) is 1. The summed E-state index contributed by atoms with van der Waals surface area (Å²) < 4.78 is 18.6. The summed E-state index contributed by atoms with van der Waals surface area (Å²) in [6.07, 6.45) is -0.551. The van der Waals surface area contributed by atoms with E-state index >= 15 is 0 Å². The Labute approximate surface area is 169 Å². The molecule has 0 spiro atoms. The Morgan fingerprint density at radius 3 is 2.62 bits per heavy atom. The normalized spacial score (nSPS) is 31.3. The molecule has 1 aromatic heterocycles. The van der Waals surface area contributed by atoms with Gasteiger partial charge in [-0.25, -0.2) is 9.59 Å². The van der Waals surface area contributed by atoms with Crippen LogP contribution in [0.15, 0.2) is 21.9 Å². The van der Waals surface area contributed by atoms with Crippen LogP contribution in [0.25, 0.3) is 0 Å². The average Bonchev–Trinajstić information content (AvgIpc) is 2.93. The van der Waals surface area contributed by atoms with Crippen molar-refractivity contribution in [2.75, 3.05) is 13.7 Å². The number of alkyl carbamates (subject to hydrolysis) is 1. The van der Waals surface area contributed by atoms with Gasteiger partial charge in [-0.2, -0.15) is 0 Å². The summed E-state index contributed by atoms with van der Waals surface area (Å²) in [6, 6.07) is 1.21. The maximum Gasteiger partial charge on any atom is 0.407 e. The molecule has 1 unspecified atom stereocenters. The standard InChI is InChI=1S/C18H29N3O7Si/c1-16(2,3)29(5,6)28-13-17(20-15(25)26-4)9-12(27-18(13,17)10-22)21-8-7-11(23)19-14(21)24/h7-8,12-13,22H,9-10H2,1-6H3,(H,20,25)(H,19,23,24)/t12-,13?,17-,18-/m1/s1. The SMILES string of the molecule is COC(=O)N[C@@]12C[C@H](n3ccc(=O)[nH]c3=O)O[C@]1(CO)C2O[Si](C)(C)C(C)(C)C. The van der Waals surface area contributed by atoms with Crippen molar-refractivity contribution in [2.24, 2.45) is 0 Å². The van der Waals surface area contributed by atoms with Crippen molar-refractivity contribution in [1.82, 2.24) is 14.9 Å². The van der Waals surface area contributed by atoms with Crippen LogP contribution in [0.2, 0.25) is 18.1 Å². The monoisotopic (exact) mass is 427 g/mol. The number of hydrogen-bond donors (Lipinski definition) is 3. The van der Waals surface area contributed by atoms with Crippen molar-refractivity contribution in [1.29, 1.82) is 0 Å². The second-order valence-corrected chi connectivity index (χ2v) is 13.9. The number of rotatable bonds is 5. The maximum absolute atomic E-state index is 12.2. The molecule has 4 atom stereocenters. The Bertz CT molecular complexity index is 921. The van der Waals surface area contributed by atoms with Gasteiger partial charge in [-0.15, -0.1) is 0 Å². The first-order valence-electron chi connectivity index (χ1n) is 9.48. The average molecular weight is 428 g/mol. The third-order valence-electron chi connectivity index (χ3n) is 6.51. The van der Waals surface area contributed by atoms with Crippen LogP contribution >= 0.6 is 0 Å². The van der Waals surface area contributed by atoms with Gasteiger partial charge in [0.1, 0.15) is 23.5 Å². The number of nitrogens with one attached hydrogen (secondary N) is 2. The van der Waals surface area contributed by atoms with E-state index < -0.39 is 55.7 Å². The molecule has 1 amide bonds. The highest BCUT2D eigenvalue weighted by Gasteiger charge is 2.85. The van der Waals surface area contributed by atoms with Crippen molar-refractivity contribution >= 4 is 14.4 Å². The summed E-state index contributed by atoms with van der Waals surface area (Å²) in [5, 5.41) is 12.9. The van der Waals surface area contributed by atoms with E-state index in [0.29, 0.717) is 0 Å². The molecular formula is C18H29N3O7Si. The highest BCUT2D eigenvalue weighted by Crippen LogP contribution is 2.64. The molecule has 1 aromatic rings. The molecule has 1 aliphatic heterocycles. The third kappa shape index (κ3) is 3.25. The Balaban J connectivity index is 1.97. The number of aromatic nitrogens is 2. The van der Waals surface area contributed by atoms with Gasteiger partial charge in [-0.3, -0.25) is 14.3 Å². The van der Waals surface area contributed by atoms with Crippen LogP contribution in [-0.4, -0.2) is 60.0 Å². The fourth-order valence-electron chi connectivity index (χ4n) is 3.73. The van der Waals surface area contributed by atoms with E-state index in [-0.39, 0.29) is 11.5 Å². The summed E-state index contributed by atoms with van der Waals surface area (Å²) in [7, 11) is -1.01. The van der Waals surface area contributed by atoms with Gasteiger partial charge >= 0.3 is 11.8 Å². The van der Waals surface area contributed by atoms with Crippen LogP contribution in [0.4, 0.5) is 4.79 Å².